The van der Waals surface area contributed by atoms with Crippen LogP contribution in [0.1, 0.15) is 20.7 Å². The molecule has 0 saturated carbocycles. The van der Waals surface area contributed by atoms with Crippen molar-refractivity contribution in [3.63, 3.8) is 0 Å². The van der Waals surface area contributed by atoms with Gasteiger partial charge in [-0.25, -0.2) is 13.9 Å². The van der Waals surface area contributed by atoms with E-state index in [4.69, 9.17) is 16.6 Å². The van der Waals surface area contributed by atoms with E-state index in [0.29, 0.717) is 0 Å². The van der Waals surface area contributed by atoms with Gasteiger partial charge in [-0.15, -0.1) is 0 Å². The highest BCUT2D eigenvalue weighted by atomic mass is 19.1. The van der Waals surface area contributed by atoms with E-state index >= 15 is 0 Å². The first-order chi connectivity index (χ1) is 8.90. The summed E-state index contributed by atoms with van der Waals surface area (Å²) in [4.78, 5) is 21.8. The number of anilines is 1. The Morgan fingerprint density at radius 2 is 2.05 bits per heavy atom. The Bertz CT molecular complexity index is 681. The molecular weight excluding hydrogens is 255 g/mol. The van der Waals surface area contributed by atoms with Crippen molar-refractivity contribution in [2.45, 2.75) is 0 Å². The fourth-order valence-corrected chi connectivity index (χ4v) is 1.52. The molecule has 19 heavy (non-hydrogen) atoms. The summed E-state index contributed by atoms with van der Waals surface area (Å²) in [5.41, 5.74) is 9.93. The first-order valence-electron chi connectivity index (χ1n) is 5.07. The van der Waals surface area contributed by atoms with Crippen LogP contribution in [0.2, 0.25) is 0 Å². The highest BCUT2D eigenvalue weighted by molar-refractivity contribution is 5.94. The van der Waals surface area contributed by atoms with Crippen LogP contribution in [0.15, 0.2) is 24.5 Å². The monoisotopic (exact) mass is 264 g/mol. The molecule has 0 unspecified atom stereocenters. The first-order valence-corrected chi connectivity index (χ1v) is 5.07. The van der Waals surface area contributed by atoms with Gasteiger partial charge in [0, 0.05) is 11.9 Å². The number of hydrogen-bond donors (Lipinski definition) is 3. The number of carbonyl (C=O) groups excluding carboxylic acids is 1. The number of nitrogen functional groups attached to an aromatic ring is 1. The van der Waals surface area contributed by atoms with E-state index < -0.39 is 17.7 Å². The van der Waals surface area contributed by atoms with Crippen LogP contribution in [0.5, 0.6) is 0 Å². The van der Waals surface area contributed by atoms with Gasteiger partial charge in [-0.1, -0.05) is 0 Å². The van der Waals surface area contributed by atoms with Crippen molar-refractivity contribution in [3.05, 3.63) is 41.5 Å². The number of carbonyl (C=O) groups is 2. The second kappa shape index (κ2) is 4.41. The van der Waals surface area contributed by atoms with E-state index in [0.717, 1.165) is 23.0 Å². The van der Waals surface area contributed by atoms with Gasteiger partial charge >= 0.3 is 5.97 Å². The molecule has 0 saturated heterocycles. The van der Waals surface area contributed by atoms with Crippen LogP contribution >= 0.6 is 0 Å². The van der Waals surface area contributed by atoms with E-state index in [1.165, 1.54) is 6.20 Å². The third-order valence-corrected chi connectivity index (χ3v) is 2.46. The lowest BCUT2D eigenvalue weighted by Crippen LogP contribution is -2.10. The quantitative estimate of drug-likeness (QED) is 0.691. The van der Waals surface area contributed by atoms with Crippen LogP contribution < -0.4 is 11.5 Å². The zero-order chi connectivity index (χ0) is 14.2. The van der Waals surface area contributed by atoms with Gasteiger partial charge in [0.2, 0.25) is 0 Å². The van der Waals surface area contributed by atoms with Crippen LogP contribution in [0.3, 0.4) is 0 Å². The van der Waals surface area contributed by atoms with E-state index in [1.807, 2.05) is 0 Å². The molecule has 0 radical (unpaired) electrons. The third kappa shape index (κ3) is 2.23. The SMILES string of the molecule is NC(=O)c1cnn(-c2cc(C(=O)O)c(N)cc2F)c1. The third-order valence-electron chi connectivity index (χ3n) is 2.46. The Morgan fingerprint density at radius 1 is 1.37 bits per heavy atom. The molecule has 2 rings (SSSR count). The maximum atomic E-state index is 13.7. The minimum Gasteiger partial charge on any atom is -0.478 e. The molecule has 1 amide bonds. The van der Waals surface area contributed by atoms with E-state index in [9.17, 15) is 14.0 Å². The van der Waals surface area contributed by atoms with Gasteiger partial charge in [-0.3, -0.25) is 4.79 Å². The number of hydrogen-bond acceptors (Lipinski definition) is 4. The number of rotatable bonds is 3. The molecule has 5 N–H and O–H groups in total. The van der Waals surface area contributed by atoms with Gasteiger partial charge in [0.05, 0.1) is 17.3 Å². The van der Waals surface area contributed by atoms with Gasteiger partial charge in [0.15, 0.2) is 5.82 Å². The molecule has 0 aliphatic heterocycles. The Morgan fingerprint density at radius 3 is 2.58 bits per heavy atom. The molecule has 98 valence electrons. The molecule has 8 heteroatoms. The molecule has 0 spiro atoms. The van der Waals surface area contributed by atoms with Gasteiger partial charge in [-0.2, -0.15) is 5.10 Å². The summed E-state index contributed by atoms with van der Waals surface area (Å²) < 4.78 is 14.8. The highest BCUT2D eigenvalue weighted by Gasteiger charge is 2.15. The van der Waals surface area contributed by atoms with Gasteiger partial charge in [0.25, 0.3) is 5.91 Å². The lowest BCUT2D eigenvalue weighted by Gasteiger charge is -2.07. The second-order valence-electron chi connectivity index (χ2n) is 3.73. The van der Waals surface area contributed by atoms with Crippen LogP contribution in [0.4, 0.5) is 10.1 Å². The van der Waals surface area contributed by atoms with Crippen molar-refractivity contribution in [3.8, 4) is 5.69 Å². The number of aromatic nitrogens is 2. The minimum absolute atomic E-state index is 0.0769. The van der Waals surface area contributed by atoms with Gasteiger partial charge < -0.3 is 16.6 Å². The molecule has 0 atom stereocenters. The summed E-state index contributed by atoms with van der Waals surface area (Å²) in [5, 5.41) is 12.7. The standard InChI is InChI=1S/C11H9FN4O3/c12-7-2-8(13)6(11(18)19)1-9(7)16-4-5(3-15-16)10(14)17/h1-4H,13H2,(H2,14,17)(H,18,19). The van der Waals surface area contributed by atoms with Crippen molar-refractivity contribution in [2.24, 2.45) is 5.73 Å². The van der Waals surface area contributed by atoms with E-state index in [2.05, 4.69) is 5.10 Å². The summed E-state index contributed by atoms with van der Waals surface area (Å²) in [6, 6.07) is 1.91. The molecule has 0 aliphatic carbocycles. The Balaban J connectivity index is 2.57. The maximum Gasteiger partial charge on any atom is 0.337 e. The molecule has 1 aromatic carbocycles. The summed E-state index contributed by atoms with van der Waals surface area (Å²) in [7, 11) is 0. The fourth-order valence-electron chi connectivity index (χ4n) is 1.52. The van der Waals surface area contributed by atoms with E-state index in [-0.39, 0.29) is 22.5 Å². The van der Waals surface area contributed by atoms with Crippen molar-refractivity contribution >= 4 is 17.6 Å². The normalized spacial score (nSPS) is 10.4. The van der Waals surface area contributed by atoms with Crippen molar-refractivity contribution in [1.29, 1.82) is 0 Å². The summed E-state index contributed by atoms with van der Waals surface area (Å²) in [5.74, 6) is -2.77. The largest absolute Gasteiger partial charge is 0.478 e. The predicted molar refractivity (Wildman–Crippen MR) is 63.4 cm³/mol. The number of nitrogens with two attached hydrogens (primary N) is 2. The van der Waals surface area contributed by atoms with Crippen LogP contribution in [-0.2, 0) is 0 Å². The topological polar surface area (TPSA) is 124 Å². The Hall–Kier alpha value is -2.90. The number of benzene rings is 1. The smallest absolute Gasteiger partial charge is 0.337 e. The van der Waals surface area contributed by atoms with Crippen LogP contribution in [0.25, 0.3) is 5.69 Å². The molecule has 1 heterocycles. The minimum atomic E-state index is -1.29. The first kappa shape index (κ1) is 12.6. The predicted octanol–water partition coefficient (Wildman–Crippen LogP) is 0.391. The average Bonchev–Trinajstić information content (AvgIpc) is 2.77. The number of amides is 1. The van der Waals surface area contributed by atoms with Crippen molar-refractivity contribution in [2.75, 3.05) is 5.73 Å². The van der Waals surface area contributed by atoms with Crippen LogP contribution in [-0.4, -0.2) is 26.8 Å². The highest BCUT2D eigenvalue weighted by Crippen LogP contribution is 2.21. The number of aromatic carboxylic acids is 1. The number of carboxylic acids is 1. The zero-order valence-corrected chi connectivity index (χ0v) is 9.50. The van der Waals surface area contributed by atoms with Crippen molar-refractivity contribution < 1.29 is 19.1 Å². The molecule has 7 nitrogen and oxygen atoms in total. The lowest BCUT2D eigenvalue weighted by molar-refractivity contribution is 0.0697. The van der Waals surface area contributed by atoms with Crippen LogP contribution in [0, 0.1) is 5.82 Å². The molecule has 0 bridgehead atoms. The maximum absolute atomic E-state index is 13.7. The Labute approximate surface area is 106 Å². The summed E-state index contributed by atoms with van der Waals surface area (Å²) >= 11 is 0. The number of nitrogens with zero attached hydrogens (tertiary/aromatic N) is 2. The second-order valence-corrected chi connectivity index (χ2v) is 3.73. The lowest BCUT2D eigenvalue weighted by atomic mass is 10.1. The average molecular weight is 264 g/mol. The Kier molecular flexibility index (Phi) is 2.91. The van der Waals surface area contributed by atoms with E-state index in [1.54, 1.807) is 0 Å². The number of carboxylic acid groups (broad SMARTS) is 1. The number of primary amides is 1. The summed E-state index contributed by atoms with van der Waals surface area (Å²) in [6.45, 7) is 0. The molecule has 1 aromatic heterocycles. The number of halogens is 1. The molecule has 0 fully saturated rings. The zero-order valence-electron chi connectivity index (χ0n) is 9.50. The molecule has 0 aliphatic rings. The molecular formula is C11H9FN4O3. The van der Waals surface area contributed by atoms with Gasteiger partial charge in [-0.05, 0) is 12.1 Å². The fraction of sp³-hybridized carbons (Fsp3) is 0. The molecule has 2 aromatic rings. The van der Waals surface area contributed by atoms with Gasteiger partial charge in [0.1, 0.15) is 5.69 Å². The summed E-state index contributed by atoms with van der Waals surface area (Å²) in [6.07, 6.45) is 2.35. The van der Waals surface area contributed by atoms with Crippen molar-refractivity contribution in [1.82, 2.24) is 9.78 Å².